The van der Waals surface area contributed by atoms with Crippen LogP contribution in [0.15, 0.2) is 72.3 Å². The molecule has 0 aromatic heterocycles. The van der Waals surface area contributed by atoms with Crippen molar-refractivity contribution in [2.75, 3.05) is 19.1 Å². The molecule has 1 amide bonds. The van der Waals surface area contributed by atoms with E-state index in [1.807, 2.05) is 31.2 Å². The molecule has 1 aliphatic heterocycles. The van der Waals surface area contributed by atoms with E-state index in [1.165, 1.54) is 25.2 Å². The van der Waals surface area contributed by atoms with Gasteiger partial charge in [0, 0.05) is 17.3 Å². The van der Waals surface area contributed by atoms with Gasteiger partial charge in [-0.15, -0.1) is 0 Å². The lowest BCUT2D eigenvalue weighted by atomic mass is 9.94. The number of aliphatic hydroxyl groups excluding tert-OH is 1. The van der Waals surface area contributed by atoms with Gasteiger partial charge in [-0.25, -0.2) is 0 Å². The average molecular weight is 464 g/mol. The number of nitrogens with zero attached hydrogens (tertiary/aromatic N) is 1. The third-order valence-electron chi connectivity index (χ3n) is 5.56. The maximum absolute atomic E-state index is 13.2. The Morgan fingerprint density at radius 2 is 1.73 bits per heavy atom. The van der Waals surface area contributed by atoms with Gasteiger partial charge >= 0.3 is 0 Å². The van der Waals surface area contributed by atoms with Gasteiger partial charge in [0.15, 0.2) is 0 Å². The molecule has 1 atom stereocenters. The quantitative estimate of drug-likeness (QED) is 0.316. The molecule has 6 nitrogen and oxygen atoms in total. The van der Waals surface area contributed by atoms with Crippen LogP contribution in [0.2, 0.25) is 5.02 Å². The van der Waals surface area contributed by atoms with E-state index in [-0.39, 0.29) is 16.4 Å². The highest BCUT2D eigenvalue weighted by molar-refractivity contribution is 6.51. The molecule has 0 spiro atoms. The fourth-order valence-corrected chi connectivity index (χ4v) is 4.24. The number of amides is 1. The number of aliphatic hydroxyl groups is 1. The second-order valence-corrected chi connectivity index (χ2v) is 8.04. The molecule has 4 rings (SSSR count). The van der Waals surface area contributed by atoms with Crippen LogP contribution in [0.25, 0.3) is 5.76 Å². The molecule has 1 N–H and O–H groups in total. The van der Waals surface area contributed by atoms with Crippen molar-refractivity contribution in [2.24, 2.45) is 0 Å². The molecule has 0 saturated carbocycles. The van der Waals surface area contributed by atoms with E-state index in [0.717, 1.165) is 5.56 Å². The van der Waals surface area contributed by atoms with Gasteiger partial charge in [-0.1, -0.05) is 47.5 Å². The molecule has 33 heavy (non-hydrogen) atoms. The summed E-state index contributed by atoms with van der Waals surface area (Å²) in [5.74, 6) is -0.862. The zero-order valence-electron chi connectivity index (χ0n) is 18.3. The normalized spacial score (nSPS) is 17.3. The monoisotopic (exact) mass is 463 g/mol. The number of ether oxygens (including phenoxy) is 2. The van der Waals surface area contributed by atoms with E-state index in [0.29, 0.717) is 28.3 Å². The number of carbonyl (C=O) groups is 2. The maximum atomic E-state index is 13.2. The molecule has 1 fully saturated rings. The van der Waals surface area contributed by atoms with Crippen molar-refractivity contribution >= 4 is 34.7 Å². The summed E-state index contributed by atoms with van der Waals surface area (Å²) in [4.78, 5) is 27.9. The van der Waals surface area contributed by atoms with Gasteiger partial charge in [-0.3, -0.25) is 14.5 Å². The Labute approximate surface area is 196 Å². The van der Waals surface area contributed by atoms with Crippen molar-refractivity contribution in [1.29, 1.82) is 0 Å². The Morgan fingerprint density at radius 3 is 2.39 bits per heavy atom. The molecule has 1 saturated heterocycles. The summed E-state index contributed by atoms with van der Waals surface area (Å²) < 4.78 is 10.5. The van der Waals surface area contributed by atoms with E-state index in [1.54, 1.807) is 36.4 Å². The molecule has 1 heterocycles. The summed E-state index contributed by atoms with van der Waals surface area (Å²) in [5, 5.41) is 11.5. The minimum atomic E-state index is -0.835. The van der Waals surface area contributed by atoms with E-state index >= 15 is 0 Å². The Kier molecular flexibility index (Phi) is 6.11. The number of carbonyl (C=O) groups excluding carboxylic acids is 2. The van der Waals surface area contributed by atoms with Crippen LogP contribution in [-0.2, 0) is 9.59 Å². The van der Waals surface area contributed by atoms with Crippen LogP contribution in [0, 0.1) is 6.92 Å². The summed E-state index contributed by atoms with van der Waals surface area (Å²) >= 11 is 6.24. The van der Waals surface area contributed by atoms with Crippen molar-refractivity contribution in [3.8, 4) is 11.5 Å². The first-order valence-corrected chi connectivity index (χ1v) is 10.6. The van der Waals surface area contributed by atoms with E-state index in [9.17, 15) is 14.7 Å². The van der Waals surface area contributed by atoms with Gasteiger partial charge in [0.2, 0.25) is 0 Å². The maximum Gasteiger partial charge on any atom is 0.300 e. The molecule has 0 radical (unpaired) electrons. The Balaban J connectivity index is 1.95. The van der Waals surface area contributed by atoms with Gasteiger partial charge in [-0.2, -0.15) is 0 Å². The fraction of sp³-hybridized carbons (Fsp3) is 0.154. The molecular formula is C26H22ClNO5. The first kappa shape index (κ1) is 22.4. The molecule has 3 aromatic carbocycles. The standard InChI is InChI=1S/C26H22ClNO5/c1-15-6-4-7-16(12-15)23-22(24(29)17-10-11-21(33-3)20(27)13-17)25(30)26(31)28(23)18-8-5-9-19(14-18)32-2/h4-14,23,29H,1-3H3/b24-22+. The van der Waals surface area contributed by atoms with Crippen LogP contribution < -0.4 is 14.4 Å². The van der Waals surface area contributed by atoms with Crippen molar-refractivity contribution in [3.63, 3.8) is 0 Å². The number of hydrogen-bond acceptors (Lipinski definition) is 5. The topological polar surface area (TPSA) is 76.1 Å². The third-order valence-corrected chi connectivity index (χ3v) is 5.85. The first-order chi connectivity index (χ1) is 15.8. The molecule has 0 bridgehead atoms. The number of hydrogen-bond donors (Lipinski definition) is 1. The van der Waals surface area contributed by atoms with E-state index in [4.69, 9.17) is 21.1 Å². The zero-order chi connectivity index (χ0) is 23.7. The predicted octanol–water partition coefficient (Wildman–Crippen LogP) is 5.29. The van der Waals surface area contributed by atoms with Crippen LogP contribution >= 0.6 is 11.6 Å². The lowest BCUT2D eigenvalue weighted by molar-refractivity contribution is -0.132. The Morgan fingerprint density at radius 1 is 0.970 bits per heavy atom. The van der Waals surface area contributed by atoms with Gasteiger partial charge in [0.05, 0.1) is 30.9 Å². The van der Waals surface area contributed by atoms with E-state index < -0.39 is 17.7 Å². The Hall–Kier alpha value is -3.77. The highest BCUT2D eigenvalue weighted by atomic mass is 35.5. The third kappa shape index (κ3) is 4.05. The first-order valence-electron chi connectivity index (χ1n) is 10.2. The van der Waals surface area contributed by atoms with Crippen molar-refractivity contribution in [3.05, 3.63) is 94.0 Å². The molecular weight excluding hydrogens is 442 g/mol. The number of methoxy groups -OCH3 is 2. The van der Waals surface area contributed by atoms with Crippen molar-refractivity contribution < 1.29 is 24.2 Å². The van der Waals surface area contributed by atoms with Crippen LogP contribution in [0.3, 0.4) is 0 Å². The van der Waals surface area contributed by atoms with Crippen molar-refractivity contribution in [1.82, 2.24) is 0 Å². The highest BCUT2D eigenvalue weighted by Gasteiger charge is 2.47. The molecule has 1 aliphatic rings. The fourth-order valence-electron chi connectivity index (χ4n) is 3.98. The number of halogens is 1. The molecule has 0 aliphatic carbocycles. The smallest absolute Gasteiger partial charge is 0.300 e. The summed E-state index contributed by atoms with van der Waals surface area (Å²) in [6.07, 6.45) is 0. The molecule has 168 valence electrons. The minimum absolute atomic E-state index is 0.0188. The zero-order valence-corrected chi connectivity index (χ0v) is 19.1. The number of aryl methyl sites for hydroxylation is 1. The summed E-state index contributed by atoms with van der Waals surface area (Å²) in [6, 6.07) is 18.2. The SMILES string of the molecule is COc1cccc(N2C(=O)C(=O)/C(=C(/O)c3ccc(OC)c(Cl)c3)C2c2cccc(C)c2)c1. The van der Waals surface area contributed by atoms with Crippen LogP contribution in [0.5, 0.6) is 11.5 Å². The van der Waals surface area contributed by atoms with Gasteiger partial charge < -0.3 is 14.6 Å². The number of ketones is 1. The lowest BCUT2D eigenvalue weighted by Gasteiger charge is -2.26. The predicted molar refractivity (Wildman–Crippen MR) is 127 cm³/mol. The number of benzene rings is 3. The molecule has 1 unspecified atom stereocenters. The number of Topliss-reactive ketones (excluding diaryl/α,β-unsaturated/α-hetero) is 1. The molecule has 7 heteroatoms. The van der Waals surface area contributed by atoms with Gasteiger partial charge in [-0.05, 0) is 42.8 Å². The number of anilines is 1. The van der Waals surface area contributed by atoms with E-state index in [2.05, 4.69) is 0 Å². The minimum Gasteiger partial charge on any atom is -0.507 e. The van der Waals surface area contributed by atoms with Crippen LogP contribution in [-0.4, -0.2) is 31.0 Å². The number of rotatable bonds is 5. The summed E-state index contributed by atoms with van der Waals surface area (Å²) in [5.41, 5.74) is 2.42. The van der Waals surface area contributed by atoms with Gasteiger partial charge in [0.25, 0.3) is 11.7 Å². The van der Waals surface area contributed by atoms with Crippen molar-refractivity contribution in [2.45, 2.75) is 13.0 Å². The Bertz CT molecular complexity index is 1280. The lowest BCUT2D eigenvalue weighted by Crippen LogP contribution is -2.29. The second-order valence-electron chi connectivity index (χ2n) is 7.63. The largest absolute Gasteiger partial charge is 0.507 e. The van der Waals surface area contributed by atoms with Crippen LogP contribution in [0.4, 0.5) is 5.69 Å². The second kappa shape index (κ2) is 9.00. The summed E-state index contributed by atoms with van der Waals surface area (Å²) in [7, 11) is 3.01. The highest BCUT2D eigenvalue weighted by Crippen LogP contribution is 2.43. The molecule has 3 aromatic rings. The van der Waals surface area contributed by atoms with Gasteiger partial charge in [0.1, 0.15) is 17.3 Å². The average Bonchev–Trinajstić information content (AvgIpc) is 3.09. The van der Waals surface area contributed by atoms with Crippen LogP contribution in [0.1, 0.15) is 22.7 Å². The summed E-state index contributed by atoms with van der Waals surface area (Å²) in [6.45, 7) is 1.92.